The van der Waals surface area contributed by atoms with Crippen LogP contribution in [-0.2, 0) is 28.6 Å². The summed E-state index contributed by atoms with van der Waals surface area (Å²) in [5, 5.41) is 0. The minimum absolute atomic E-state index is 0.108. The van der Waals surface area contributed by atoms with Gasteiger partial charge in [-0.05, 0) is 103 Å². The fourth-order valence-corrected chi connectivity index (χ4v) is 7.20. The summed E-state index contributed by atoms with van der Waals surface area (Å²) < 4.78 is 16.8. The van der Waals surface area contributed by atoms with Gasteiger partial charge in [0.05, 0.1) is 0 Å². The topological polar surface area (TPSA) is 78.9 Å². The molecule has 384 valence electrons. The van der Waals surface area contributed by atoms with Gasteiger partial charge in [-0.3, -0.25) is 14.4 Å². The van der Waals surface area contributed by atoms with Crippen LogP contribution < -0.4 is 0 Å². The Hall–Kier alpha value is -4.19. The van der Waals surface area contributed by atoms with Crippen LogP contribution in [0.25, 0.3) is 0 Å². The standard InChI is InChI=1S/C62H100O6/c1-4-7-10-13-16-19-22-25-27-29-31-33-34-37-40-43-46-49-52-55-61(64)67-58-59(57-66-60(63)54-51-48-45-42-39-36-24-21-18-15-12-9-6-3)68-62(65)56-53-50-47-44-41-38-35-32-30-28-26-23-20-17-14-11-8-5-2/h7,9-10,12,15-16,18-19,21,24-25,27-28,30-33,35-36,39,59H,4-6,8,11,13-14,17,20,22-23,26,29,34,37-38,40-58H2,1-3H3/b10-7+,12-9+,18-15+,19-16+,24-21+,27-25+,30-28+,33-31+,35-32+,39-36+. The molecule has 0 N–H and O–H groups in total. The lowest BCUT2D eigenvalue weighted by Crippen LogP contribution is -2.30. The first-order chi connectivity index (χ1) is 33.5. The van der Waals surface area contributed by atoms with Crippen LogP contribution in [0.1, 0.15) is 233 Å². The van der Waals surface area contributed by atoms with Gasteiger partial charge < -0.3 is 14.2 Å². The number of carbonyl (C=O) groups excluding carboxylic acids is 3. The summed E-state index contributed by atoms with van der Waals surface area (Å²) in [6.07, 6.45) is 76.1. The normalized spacial score (nSPS) is 13.0. The molecule has 0 spiro atoms. The average Bonchev–Trinajstić information content (AvgIpc) is 3.34. The highest BCUT2D eigenvalue weighted by molar-refractivity contribution is 5.71. The summed E-state index contributed by atoms with van der Waals surface area (Å²) >= 11 is 0. The second-order valence-electron chi connectivity index (χ2n) is 17.8. The second kappa shape index (κ2) is 55.4. The van der Waals surface area contributed by atoms with E-state index >= 15 is 0 Å². The molecule has 0 rings (SSSR count). The Labute approximate surface area is 418 Å². The third-order valence-electron chi connectivity index (χ3n) is 11.3. The van der Waals surface area contributed by atoms with Crippen molar-refractivity contribution in [2.24, 2.45) is 0 Å². The highest BCUT2D eigenvalue weighted by Gasteiger charge is 2.19. The molecule has 0 heterocycles. The smallest absolute Gasteiger partial charge is 0.306 e. The number of unbranched alkanes of at least 4 members (excludes halogenated alkanes) is 21. The van der Waals surface area contributed by atoms with Crippen molar-refractivity contribution in [3.63, 3.8) is 0 Å². The Morgan fingerprint density at radius 1 is 0.324 bits per heavy atom. The van der Waals surface area contributed by atoms with E-state index in [-0.39, 0.29) is 31.1 Å². The van der Waals surface area contributed by atoms with Gasteiger partial charge in [-0.1, -0.05) is 232 Å². The van der Waals surface area contributed by atoms with E-state index in [0.717, 1.165) is 128 Å². The number of rotatable bonds is 48. The van der Waals surface area contributed by atoms with E-state index in [1.165, 1.54) is 64.2 Å². The van der Waals surface area contributed by atoms with E-state index in [1.807, 2.05) is 36.5 Å². The van der Waals surface area contributed by atoms with Crippen LogP contribution in [0.5, 0.6) is 0 Å². The van der Waals surface area contributed by atoms with Crippen molar-refractivity contribution in [2.75, 3.05) is 13.2 Å². The molecule has 0 radical (unpaired) electrons. The average molecular weight is 941 g/mol. The lowest BCUT2D eigenvalue weighted by molar-refractivity contribution is -0.167. The third-order valence-corrected chi connectivity index (χ3v) is 11.3. The lowest BCUT2D eigenvalue weighted by Gasteiger charge is -2.18. The summed E-state index contributed by atoms with van der Waals surface area (Å²) in [7, 11) is 0. The van der Waals surface area contributed by atoms with Gasteiger partial charge in [0.1, 0.15) is 13.2 Å². The molecule has 0 saturated carbocycles. The van der Waals surface area contributed by atoms with Gasteiger partial charge in [0.25, 0.3) is 0 Å². The van der Waals surface area contributed by atoms with Crippen LogP contribution in [0.4, 0.5) is 0 Å². The maximum Gasteiger partial charge on any atom is 0.306 e. The Kier molecular flexibility index (Phi) is 52.0. The van der Waals surface area contributed by atoms with Crippen molar-refractivity contribution in [1.29, 1.82) is 0 Å². The summed E-state index contributed by atoms with van der Waals surface area (Å²) in [6.45, 7) is 6.31. The number of carbonyl (C=O) groups is 3. The van der Waals surface area contributed by atoms with Crippen molar-refractivity contribution in [2.45, 2.75) is 239 Å². The first-order valence-electron chi connectivity index (χ1n) is 27.6. The zero-order chi connectivity index (χ0) is 49.3. The minimum atomic E-state index is -0.812. The summed E-state index contributed by atoms with van der Waals surface area (Å²) in [6, 6.07) is 0. The van der Waals surface area contributed by atoms with Crippen LogP contribution in [0.15, 0.2) is 122 Å². The van der Waals surface area contributed by atoms with Crippen LogP contribution >= 0.6 is 0 Å². The Morgan fingerprint density at radius 3 is 1.10 bits per heavy atom. The van der Waals surface area contributed by atoms with Crippen LogP contribution in [0.3, 0.4) is 0 Å². The van der Waals surface area contributed by atoms with Gasteiger partial charge in [0.15, 0.2) is 6.10 Å². The molecule has 0 aliphatic carbocycles. The predicted molar refractivity (Wildman–Crippen MR) is 293 cm³/mol. The highest BCUT2D eigenvalue weighted by Crippen LogP contribution is 2.13. The lowest BCUT2D eigenvalue weighted by atomic mass is 10.1. The van der Waals surface area contributed by atoms with Crippen LogP contribution in [0, 0.1) is 0 Å². The maximum absolute atomic E-state index is 12.8. The van der Waals surface area contributed by atoms with E-state index in [1.54, 1.807) is 0 Å². The zero-order valence-corrected chi connectivity index (χ0v) is 43.8. The van der Waals surface area contributed by atoms with Crippen molar-refractivity contribution in [1.82, 2.24) is 0 Å². The molecule has 1 atom stereocenters. The largest absolute Gasteiger partial charge is 0.462 e. The van der Waals surface area contributed by atoms with Crippen molar-refractivity contribution >= 4 is 17.9 Å². The molecule has 0 amide bonds. The number of hydrogen-bond donors (Lipinski definition) is 0. The number of esters is 3. The molecule has 0 aromatic carbocycles. The molecule has 0 aliphatic rings. The minimum Gasteiger partial charge on any atom is -0.462 e. The molecule has 6 nitrogen and oxygen atoms in total. The molecule has 0 saturated heterocycles. The number of allylic oxidation sites excluding steroid dienone is 20. The van der Waals surface area contributed by atoms with Crippen LogP contribution in [-0.4, -0.2) is 37.2 Å². The summed E-state index contributed by atoms with van der Waals surface area (Å²) in [5.41, 5.74) is 0. The third kappa shape index (κ3) is 52.8. The molecule has 0 aromatic heterocycles. The highest BCUT2D eigenvalue weighted by atomic mass is 16.6. The quantitative estimate of drug-likeness (QED) is 0.0199. The first-order valence-corrected chi connectivity index (χ1v) is 27.6. The van der Waals surface area contributed by atoms with E-state index in [9.17, 15) is 14.4 Å². The van der Waals surface area contributed by atoms with Crippen LogP contribution in [0.2, 0.25) is 0 Å². The molecule has 0 aromatic rings. The Bertz CT molecular complexity index is 1450. The first kappa shape index (κ1) is 63.8. The SMILES string of the molecule is CC/C=C/C=C/C=C/C=C/CCCCCC(=O)OCC(COC(=O)CCCCCCCC/C=C/C/C=C/C/C=C/C/C=C/CC)OC(=O)CCCCCCC/C=C/C=C/CCCCCCCCC. The molecule has 68 heavy (non-hydrogen) atoms. The maximum atomic E-state index is 12.8. The van der Waals surface area contributed by atoms with E-state index in [0.29, 0.717) is 19.3 Å². The van der Waals surface area contributed by atoms with Gasteiger partial charge in [-0.15, -0.1) is 0 Å². The Balaban J connectivity index is 4.49. The van der Waals surface area contributed by atoms with Gasteiger partial charge in [-0.2, -0.15) is 0 Å². The molecule has 0 bridgehead atoms. The van der Waals surface area contributed by atoms with Gasteiger partial charge in [-0.25, -0.2) is 0 Å². The molecule has 1 unspecified atom stereocenters. The fraction of sp³-hybridized carbons (Fsp3) is 0.629. The zero-order valence-electron chi connectivity index (χ0n) is 43.8. The van der Waals surface area contributed by atoms with E-state index < -0.39 is 6.10 Å². The molecular weight excluding hydrogens is 841 g/mol. The van der Waals surface area contributed by atoms with Gasteiger partial charge in [0.2, 0.25) is 0 Å². The monoisotopic (exact) mass is 941 g/mol. The Morgan fingerprint density at radius 2 is 0.647 bits per heavy atom. The number of ether oxygens (including phenoxy) is 3. The van der Waals surface area contributed by atoms with E-state index in [2.05, 4.69) is 106 Å². The van der Waals surface area contributed by atoms with Crippen molar-refractivity contribution in [3.05, 3.63) is 122 Å². The number of hydrogen-bond acceptors (Lipinski definition) is 6. The predicted octanol–water partition coefficient (Wildman–Crippen LogP) is 18.5. The molecule has 6 heteroatoms. The second-order valence-corrected chi connectivity index (χ2v) is 17.8. The van der Waals surface area contributed by atoms with E-state index in [4.69, 9.17) is 14.2 Å². The molecule has 0 fully saturated rings. The summed E-state index contributed by atoms with van der Waals surface area (Å²) in [4.78, 5) is 38.1. The molecule has 0 aliphatic heterocycles. The summed E-state index contributed by atoms with van der Waals surface area (Å²) in [5.74, 6) is -0.980. The van der Waals surface area contributed by atoms with Gasteiger partial charge in [0, 0.05) is 19.3 Å². The van der Waals surface area contributed by atoms with Gasteiger partial charge >= 0.3 is 17.9 Å². The van der Waals surface area contributed by atoms with Crippen molar-refractivity contribution in [3.8, 4) is 0 Å². The molecular formula is C62H100O6. The van der Waals surface area contributed by atoms with Crippen molar-refractivity contribution < 1.29 is 28.6 Å². The fourth-order valence-electron chi connectivity index (χ4n) is 7.20.